The SMILES string of the molecule is C=CN=C(N)C(=C)C.C\C=C/C(=C\C(=C\CC)C(F)(F)F)c1cc2n(n1)CCCC2. The van der Waals surface area contributed by atoms with Crippen molar-refractivity contribution in [2.45, 2.75) is 59.2 Å². The summed E-state index contributed by atoms with van der Waals surface area (Å²) in [6.45, 7) is 13.1. The van der Waals surface area contributed by atoms with E-state index in [0.717, 1.165) is 37.1 Å². The maximum atomic E-state index is 13.1. The Morgan fingerprint density at radius 3 is 2.53 bits per heavy atom. The molecule has 30 heavy (non-hydrogen) atoms. The van der Waals surface area contributed by atoms with E-state index in [1.165, 1.54) is 18.4 Å². The molecule has 0 aromatic carbocycles. The first-order chi connectivity index (χ1) is 14.1. The summed E-state index contributed by atoms with van der Waals surface area (Å²) in [4.78, 5) is 3.68. The summed E-state index contributed by atoms with van der Waals surface area (Å²) in [5.74, 6) is 0.444. The molecule has 4 nitrogen and oxygen atoms in total. The Hall–Kier alpha value is -2.83. The number of amidine groups is 1. The van der Waals surface area contributed by atoms with Gasteiger partial charge in [0.25, 0.3) is 0 Å². The fourth-order valence-electron chi connectivity index (χ4n) is 2.80. The van der Waals surface area contributed by atoms with Gasteiger partial charge >= 0.3 is 6.18 Å². The zero-order chi connectivity index (χ0) is 22.7. The highest BCUT2D eigenvalue weighted by atomic mass is 19.4. The number of halogens is 3. The fourth-order valence-corrected chi connectivity index (χ4v) is 2.80. The van der Waals surface area contributed by atoms with Crippen LogP contribution in [0.1, 0.15) is 51.4 Å². The minimum Gasteiger partial charge on any atom is -0.384 e. The number of aromatic nitrogens is 2. The fraction of sp³-hybridized carbons (Fsp3) is 0.391. The van der Waals surface area contributed by atoms with Gasteiger partial charge in [-0.15, -0.1) is 0 Å². The molecule has 1 aromatic rings. The molecule has 1 aliphatic rings. The molecule has 2 rings (SSSR count). The third kappa shape index (κ3) is 7.89. The molecule has 2 N–H and O–H groups in total. The summed E-state index contributed by atoms with van der Waals surface area (Å²) in [5.41, 5.74) is 7.67. The molecule has 0 radical (unpaired) electrons. The standard InChI is InChI=1S/C17H21F3N2.C6H10N2/c1-3-7-13(11-14(8-4-2)17(18,19)20)16-12-15-9-5-6-10-22(15)21-16;1-4-8-6(7)5(2)3/h3,7-8,11-12H,4-6,9-10H2,1-2H3;4H,1-2H2,3H3,(H2,7,8)/b7-3-,13-11+,14-8-;. The van der Waals surface area contributed by atoms with Crippen molar-refractivity contribution in [2.24, 2.45) is 10.7 Å². The van der Waals surface area contributed by atoms with E-state index >= 15 is 0 Å². The van der Waals surface area contributed by atoms with E-state index < -0.39 is 11.7 Å². The molecule has 0 saturated heterocycles. The number of hydrogen-bond acceptors (Lipinski definition) is 2. The third-order valence-corrected chi connectivity index (χ3v) is 4.29. The van der Waals surface area contributed by atoms with Gasteiger partial charge in [-0.25, -0.2) is 4.99 Å². The Bertz CT molecular complexity index is 829. The molecular weight excluding hydrogens is 389 g/mol. The van der Waals surface area contributed by atoms with Crippen molar-refractivity contribution in [2.75, 3.05) is 0 Å². The predicted molar refractivity (Wildman–Crippen MR) is 119 cm³/mol. The molecule has 0 fully saturated rings. The number of alkyl halides is 3. The first kappa shape index (κ1) is 25.2. The van der Waals surface area contributed by atoms with Gasteiger partial charge in [0.05, 0.1) is 11.3 Å². The van der Waals surface area contributed by atoms with Crippen molar-refractivity contribution in [3.8, 4) is 0 Å². The summed E-state index contributed by atoms with van der Waals surface area (Å²) in [5, 5.41) is 4.47. The van der Waals surface area contributed by atoms with Gasteiger partial charge in [0.1, 0.15) is 5.84 Å². The maximum absolute atomic E-state index is 13.1. The second kappa shape index (κ2) is 12.0. The van der Waals surface area contributed by atoms with Crippen molar-refractivity contribution in [1.29, 1.82) is 0 Å². The minimum atomic E-state index is -4.35. The molecule has 7 heteroatoms. The first-order valence-electron chi connectivity index (χ1n) is 9.92. The van der Waals surface area contributed by atoms with Gasteiger partial charge in [-0.2, -0.15) is 18.3 Å². The van der Waals surface area contributed by atoms with Crippen LogP contribution in [0, 0.1) is 0 Å². The van der Waals surface area contributed by atoms with Gasteiger partial charge in [-0.05, 0) is 57.2 Å². The van der Waals surface area contributed by atoms with Crippen molar-refractivity contribution in [1.82, 2.24) is 9.78 Å². The number of rotatable bonds is 6. The molecule has 0 bridgehead atoms. The molecule has 0 amide bonds. The summed E-state index contributed by atoms with van der Waals surface area (Å²) in [7, 11) is 0. The Balaban J connectivity index is 0.000000479. The van der Waals surface area contributed by atoms with Crippen LogP contribution < -0.4 is 5.73 Å². The molecule has 0 saturated carbocycles. The minimum absolute atomic E-state index is 0.341. The Morgan fingerprint density at radius 1 is 1.37 bits per heavy atom. The van der Waals surface area contributed by atoms with E-state index in [0.29, 0.717) is 23.5 Å². The van der Waals surface area contributed by atoms with Crippen LogP contribution in [0.2, 0.25) is 0 Å². The topological polar surface area (TPSA) is 56.2 Å². The lowest BCUT2D eigenvalue weighted by Gasteiger charge is -2.11. The van der Waals surface area contributed by atoms with Crippen LogP contribution in [0.4, 0.5) is 13.2 Å². The van der Waals surface area contributed by atoms with Crippen LogP contribution >= 0.6 is 0 Å². The quantitative estimate of drug-likeness (QED) is 0.341. The lowest BCUT2D eigenvalue weighted by molar-refractivity contribution is -0.0883. The molecule has 164 valence electrons. The van der Waals surface area contributed by atoms with Gasteiger partial charge in [-0.3, -0.25) is 4.68 Å². The average Bonchev–Trinajstić information content (AvgIpc) is 3.11. The Kier molecular flexibility index (Phi) is 10.1. The van der Waals surface area contributed by atoms with Crippen molar-refractivity contribution in [3.05, 3.63) is 72.3 Å². The van der Waals surface area contributed by atoms with E-state index in [9.17, 15) is 13.2 Å². The van der Waals surface area contributed by atoms with Gasteiger partial charge in [0.2, 0.25) is 0 Å². The zero-order valence-electron chi connectivity index (χ0n) is 18.0. The largest absolute Gasteiger partial charge is 0.416 e. The molecular formula is C23H31F3N4. The summed E-state index contributed by atoms with van der Waals surface area (Å²) >= 11 is 0. The van der Waals surface area contributed by atoms with Gasteiger partial charge in [-0.1, -0.05) is 38.3 Å². The molecule has 0 atom stereocenters. The Morgan fingerprint density at radius 2 is 2.07 bits per heavy atom. The monoisotopic (exact) mass is 420 g/mol. The van der Waals surface area contributed by atoms with Crippen LogP contribution in [0.3, 0.4) is 0 Å². The van der Waals surface area contributed by atoms with Gasteiger partial charge in [0.15, 0.2) is 0 Å². The van der Waals surface area contributed by atoms with Crippen molar-refractivity contribution < 1.29 is 13.2 Å². The lowest BCUT2D eigenvalue weighted by atomic mass is 10.0. The lowest BCUT2D eigenvalue weighted by Crippen LogP contribution is -2.11. The molecule has 0 aliphatic carbocycles. The number of hydrogen-bond donors (Lipinski definition) is 1. The summed E-state index contributed by atoms with van der Waals surface area (Å²) in [6, 6.07) is 1.91. The second-order valence-corrected chi connectivity index (χ2v) is 6.84. The zero-order valence-corrected chi connectivity index (χ0v) is 18.0. The molecule has 0 spiro atoms. The molecule has 1 aliphatic heterocycles. The average molecular weight is 421 g/mol. The smallest absolute Gasteiger partial charge is 0.384 e. The highest BCUT2D eigenvalue weighted by Gasteiger charge is 2.32. The number of aliphatic imine (C=N–C) groups is 1. The molecule has 1 aromatic heterocycles. The van der Waals surface area contributed by atoms with Crippen LogP contribution in [0.15, 0.2) is 65.9 Å². The first-order valence-corrected chi connectivity index (χ1v) is 9.92. The van der Waals surface area contributed by atoms with Crippen molar-refractivity contribution >= 4 is 11.4 Å². The number of aryl methyl sites for hydroxylation is 2. The number of nitrogens with zero attached hydrogens (tertiary/aromatic N) is 3. The van der Waals surface area contributed by atoms with Gasteiger partial charge < -0.3 is 5.73 Å². The van der Waals surface area contributed by atoms with Gasteiger partial charge in [0, 0.05) is 24.0 Å². The van der Waals surface area contributed by atoms with E-state index in [-0.39, 0.29) is 0 Å². The third-order valence-electron chi connectivity index (χ3n) is 4.29. The normalized spacial score (nSPS) is 15.5. The van der Waals surface area contributed by atoms with E-state index in [1.54, 1.807) is 32.9 Å². The van der Waals surface area contributed by atoms with Crippen LogP contribution in [0.5, 0.6) is 0 Å². The Labute approximate surface area is 177 Å². The van der Waals surface area contributed by atoms with E-state index in [1.807, 2.05) is 10.7 Å². The van der Waals surface area contributed by atoms with Crippen LogP contribution in [0.25, 0.3) is 5.57 Å². The van der Waals surface area contributed by atoms with E-state index in [4.69, 9.17) is 5.73 Å². The van der Waals surface area contributed by atoms with E-state index in [2.05, 4.69) is 23.2 Å². The number of allylic oxidation sites excluding steroid dienone is 6. The second-order valence-electron chi connectivity index (χ2n) is 6.84. The van der Waals surface area contributed by atoms with Crippen LogP contribution in [-0.2, 0) is 13.0 Å². The predicted octanol–water partition coefficient (Wildman–Crippen LogP) is 6.14. The number of fused-ring (bicyclic) bond motifs is 1. The molecule has 0 unspecified atom stereocenters. The summed E-state index contributed by atoms with van der Waals surface area (Å²) < 4.78 is 41.2. The maximum Gasteiger partial charge on any atom is 0.416 e. The van der Waals surface area contributed by atoms with Crippen molar-refractivity contribution in [3.63, 3.8) is 0 Å². The van der Waals surface area contributed by atoms with Crippen LogP contribution in [-0.4, -0.2) is 21.8 Å². The highest BCUT2D eigenvalue weighted by molar-refractivity contribution is 5.96. The number of nitrogens with two attached hydrogens (primary N) is 1. The molecule has 2 heterocycles. The summed E-state index contributed by atoms with van der Waals surface area (Å²) in [6.07, 6.45) is 6.33. The highest BCUT2D eigenvalue weighted by Crippen LogP contribution is 2.30.